The zero-order valence-corrected chi connectivity index (χ0v) is 13.2. The number of para-hydroxylation sites is 1. The number of aromatic nitrogens is 2. The van der Waals surface area contributed by atoms with Crippen molar-refractivity contribution in [2.45, 2.75) is 13.0 Å². The van der Waals surface area contributed by atoms with Gasteiger partial charge in [0.2, 0.25) is 0 Å². The van der Waals surface area contributed by atoms with Crippen molar-refractivity contribution in [2.24, 2.45) is 0 Å². The molecule has 120 valence electrons. The smallest absolute Gasteiger partial charge is 0.147 e. The van der Waals surface area contributed by atoms with E-state index in [1.807, 2.05) is 48.7 Å². The van der Waals surface area contributed by atoms with E-state index in [0.29, 0.717) is 5.82 Å². The Morgan fingerprint density at radius 2 is 1.88 bits per heavy atom. The molecule has 24 heavy (non-hydrogen) atoms. The lowest BCUT2D eigenvalue weighted by molar-refractivity contribution is 0.480. The second-order valence-corrected chi connectivity index (χ2v) is 5.81. The van der Waals surface area contributed by atoms with Gasteiger partial charge in [-0.2, -0.15) is 0 Å². The molecular weight excluding hydrogens is 300 g/mol. The molecule has 3 aromatic rings. The maximum atomic E-state index is 5.87. The van der Waals surface area contributed by atoms with E-state index in [0.717, 1.165) is 42.4 Å². The number of nitrogens with zero attached hydrogens (tertiary/aromatic N) is 3. The van der Waals surface area contributed by atoms with Gasteiger partial charge in [-0.3, -0.25) is 4.98 Å². The number of hydrogen-bond acceptors (Lipinski definition) is 5. The first-order valence-electron chi connectivity index (χ1n) is 7.95. The number of hydrogen-bond donors (Lipinski definition) is 1. The Morgan fingerprint density at radius 1 is 1.00 bits per heavy atom. The van der Waals surface area contributed by atoms with Crippen molar-refractivity contribution < 1.29 is 4.74 Å². The molecule has 0 aliphatic carbocycles. The van der Waals surface area contributed by atoms with Crippen LogP contribution in [0.1, 0.15) is 11.3 Å². The lowest BCUT2D eigenvalue weighted by Gasteiger charge is -2.30. The average Bonchev–Trinajstić information content (AvgIpc) is 2.62. The summed E-state index contributed by atoms with van der Waals surface area (Å²) < 4.78 is 5.87. The number of anilines is 2. The maximum Gasteiger partial charge on any atom is 0.147 e. The van der Waals surface area contributed by atoms with Crippen LogP contribution in [-0.4, -0.2) is 16.5 Å². The van der Waals surface area contributed by atoms with Gasteiger partial charge >= 0.3 is 0 Å². The Bertz CT molecular complexity index is 851. The van der Waals surface area contributed by atoms with E-state index in [9.17, 15) is 0 Å². The average molecular weight is 318 g/mol. The van der Waals surface area contributed by atoms with E-state index >= 15 is 0 Å². The van der Waals surface area contributed by atoms with Gasteiger partial charge in [0.05, 0.1) is 30.3 Å². The number of fused-ring (bicyclic) bond motifs is 1. The molecule has 0 unspecified atom stereocenters. The quantitative estimate of drug-likeness (QED) is 0.801. The van der Waals surface area contributed by atoms with E-state index in [2.05, 4.69) is 20.9 Å². The van der Waals surface area contributed by atoms with Crippen LogP contribution >= 0.6 is 0 Å². The number of ether oxygens (including phenoxy) is 1. The molecule has 1 aliphatic heterocycles. The van der Waals surface area contributed by atoms with Crippen LogP contribution in [0, 0.1) is 0 Å². The van der Waals surface area contributed by atoms with Gasteiger partial charge in [-0.1, -0.05) is 24.3 Å². The Labute approximate surface area is 140 Å². The molecule has 3 heterocycles. The van der Waals surface area contributed by atoms with Crippen LogP contribution in [0.4, 0.5) is 11.5 Å². The number of pyridine rings is 2. The van der Waals surface area contributed by atoms with Gasteiger partial charge in [0.25, 0.3) is 0 Å². The zero-order valence-electron chi connectivity index (χ0n) is 13.2. The molecule has 0 amide bonds. The highest BCUT2D eigenvalue weighted by Crippen LogP contribution is 2.28. The SMILES string of the molecule is Nc1ccc2c(n1)CN(c1cncc(Oc3ccccc3)c1)CC2. The summed E-state index contributed by atoms with van der Waals surface area (Å²) in [6.45, 7) is 1.66. The summed E-state index contributed by atoms with van der Waals surface area (Å²) in [4.78, 5) is 11.0. The lowest BCUT2D eigenvalue weighted by atomic mass is 10.0. The van der Waals surface area contributed by atoms with Gasteiger partial charge in [-0.05, 0) is 30.2 Å². The molecule has 0 saturated heterocycles. The molecule has 5 nitrogen and oxygen atoms in total. The summed E-state index contributed by atoms with van der Waals surface area (Å²) >= 11 is 0. The molecule has 5 heteroatoms. The van der Waals surface area contributed by atoms with Gasteiger partial charge in [-0.15, -0.1) is 0 Å². The summed E-state index contributed by atoms with van der Waals surface area (Å²) in [5, 5.41) is 0. The highest BCUT2D eigenvalue weighted by Gasteiger charge is 2.18. The minimum absolute atomic E-state index is 0.565. The van der Waals surface area contributed by atoms with Crippen molar-refractivity contribution >= 4 is 11.5 Å². The number of nitrogens with two attached hydrogens (primary N) is 1. The van der Waals surface area contributed by atoms with Gasteiger partial charge in [0, 0.05) is 12.6 Å². The third-order valence-electron chi connectivity index (χ3n) is 4.12. The fourth-order valence-electron chi connectivity index (χ4n) is 2.91. The van der Waals surface area contributed by atoms with E-state index in [-0.39, 0.29) is 0 Å². The molecule has 0 saturated carbocycles. The monoisotopic (exact) mass is 318 g/mol. The largest absolute Gasteiger partial charge is 0.456 e. The molecule has 1 aromatic carbocycles. The first-order chi connectivity index (χ1) is 11.8. The number of nitrogen functional groups attached to an aromatic ring is 1. The van der Waals surface area contributed by atoms with Crippen LogP contribution < -0.4 is 15.4 Å². The fourth-order valence-corrected chi connectivity index (χ4v) is 2.91. The van der Waals surface area contributed by atoms with Gasteiger partial charge < -0.3 is 15.4 Å². The predicted molar refractivity (Wildman–Crippen MR) is 94.2 cm³/mol. The first-order valence-corrected chi connectivity index (χ1v) is 7.95. The molecule has 4 rings (SSSR count). The van der Waals surface area contributed by atoms with Crippen molar-refractivity contribution in [1.29, 1.82) is 0 Å². The molecule has 0 radical (unpaired) electrons. The second-order valence-electron chi connectivity index (χ2n) is 5.81. The van der Waals surface area contributed by atoms with Crippen molar-refractivity contribution in [3.8, 4) is 11.5 Å². The molecule has 2 N–H and O–H groups in total. The highest BCUT2D eigenvalue weighted by atomic mass is 16.5. The normalized spacial score (nSPS) is 13.4. The van der Waals surface area contributed by atoms with Crippen LogP contribution in [0.3, 0.4) is 0 Å². The molecule has 1 aliphatic rings. The van der Waals surface area contributed by atoms with Crippen LogP contribution in [0.2, 0.25) is 0 Å². The Morgan fingerprint density at radius 3 is 2.75 bits per heavy atom. The van der Waals surface area contributed by atoms with Crippen molar-refractivity contribution in [3.05, 3.63) is 72.2 Å². The zero-order chi connectivity index (χ0) is 16.4. The van der Waals surface area contributed by atoms with E-state index in [1.165, 1.54) is 5.56 Å². The minimum atomic E-state index is 0.565. The van der Waals surface area contributed by atoms with E-state index < -0.39 is 0 Å². The molecule has 0 atom stereocenters. The van der Waals surface area contributed by atoms with Crippen LogP contribution in [0.15, 0.2) is 60.9 Å². The summed E-state index contributed by atoms with van der Waals surface area (Å²) in [7, 11) is 0. The third-order valence-corrected chi connectivity index (χ3v) is 4.12. The van der Waals surface area contributed by atoms with Crippen molar-refractivity contribution in [2.75, 3.05) is 17.2 Å². The fraction of sp³-hybridized carbons (Fsp3) is 0.158. The Hall–Kier alpha value is -3.08. The minimum Gasteiger partial charge on any atom is -0.456 e. The molecule has 0 spiro atoms. The summed E-state index contributed by atoms with van der Waals surface area (Å²) in [6.07, 6.45) is 4.53. The van der Waals surface area contributed by atoms with Gasteiger partial charge in [0.15, 0.2) is 0 Å². The Kier molecular flexibility index (Phi) is 3.75. The lowest BCUT2D eigenvalue weighted by Crippen LogP contribution is -2.31. The van der Waals surface area contributed by atoms with Crippen LogP contribution in [-0.2, 0) is 13.0 Å². The summed E-state index contributed by atoms with van der Waals surface area (Å²) in [6, 6.07) is 15.7. The topological polar surface area (TPSA) is 64.3 Å². The summed E-state index contributed by atoms with van der Waals surface area (Å²) in [5.74, 6) is 2.09. The van der Waals surface area contributed by atoms with Crippen molar-refractivity contribution in [3.63, 3.8) is 0 Å². The number of benzene rings is 1. The number of rotatable bonds is 3. The molecular formula is C19H18N4O. The van der Waals surface area contributed by atoms with Crippen LogP contribution in [0.5, 0.6) is 11.5 Å². The molecule has 0 bridgehead atoms. The Balaban J connectivity index is 1.56. The maximum absolute atomic E-state index is 5.87. The standard InChI is InChI=1S/C19H18N4O/c20-19-7-6-14-8-9-23(13-18(14)22-19)15-10-17(12-21-11-15)24-16-4-2-1-3-5-16/h1-7,10-12H,8-9,13H2,(H2,20,22). The first kappa shape index (κ1) is 14.5. The van der Waals surface area contributed by atoms with Gasteiger partial charge in [0.1, 0.15) is 17.3 Å². The van der Waals surface area contributed by atoms with Crippen molar-refractivity contribution in [1.82, 2.24) is 9.97 Å². The van der Waals surface area contributed by atoms with Crippen LogP contribution in [0.25, 0.3) is 0 Å². The second kappa shape index (κ2) is 6.20. The van der Waals surface area contributed by atoms with Gasteiger partial charge in [-0.25, -0.2) is 4.98 Å². The third kappa shape index (κ3) is 3.01. The predicted octanol–water partition coefficient (Wildman–Crippen LogP) is 3.41. The molecule has 2 aromatic heterocycles. The highest BCUT2D eigenvalue weighted by molar-refractivity contribution is 5.51. The van der Waals surface area contributed by atoms with E-state index in [4.69, 9.17) is 10.5 Å². The summed E-state index contributed by atoms with van der Waals surface area (Å²) in [5.41, 5.74) is 9.15. The van der Waals surface area contributed by atoms with E-state index in [1.54, 1.807) is 6.20 Å². The molecule has 0 fully saturated rings.